The Hall–Kier alpha value is -3.92. The Morgan fingerprint density at radius 1 is 1.03 bits per heavy atom. The number of carbonyl (C=O) groups excluding carboxylic acids is 1. The molecular weight excluding hydrogens is 468 g/mol. The second-order valence-electron chi connectivity index (χ2n) is 8.60. The topological polar surface area (TPSA) is 114 Å². The lowest BCUT2D eigenvalue weighted by molar-refractivity contribution is -0.143. The normalized spacial score (nSPS) is 15.9. The number of amides is 1. The summed E-state index contributed by atoms with van der Waals surface area (Å²) in [5.74, 6) is 8.84. The molecule has 1 aliphatic heterocycles. The highest BCUT2D eigenvalue weighted by Gasteiger charge is 2.44. The van der Waals surface area contributed by atoms with Crippen molar-refractivity contribution in [3.05, 3.63) is 65.2 Å². The van der Waals surface area contributed by atoms with Crippen LogP contribution in [0.15, 0.2) is 48.5 Å². The van der Waals surface area contributed by atoms with Crippen LogP contribution in [0.3, 0.4) is 0 Å². The van der Waals surface area contributed by atoms with Gasteiger partial charge in [-0.25, -0.2) is 13.6 Å². The van der Waals surface area contributed by atoms with E-state index in [0.29, 0.717) is 11.6 Å². The number of carboxylic acid groups (broad SMARTS) is 1. The quantitative estimate of drug-likeness (QED) is 0.440. The van der Waals surface area contributed by atoms with Crippen molar-refractivity contribution < 1.29 is 28.2 Å². The van der Waals surface area contributed by atoms with Crippen molar-refractivity contribution in [2.24, 2.45) is 5.73 Å². The monoisotopic (exact) mass is 495 g/mol. The maximum Gasteiger partial charge on any atom is 0.328 e. The summed E-state index contributed by atoms with van der Waals surface area (Å²) in [5, 5.41) is 14.8. The Kier molecular flexibility index (Phi) is 9.02. The number of ether oxygens (including phenoxy) is 1. The summed E-state index contributed by atoms with van der Waals surface area (Å²) in [4.78, 5) is 23.7. The average Bonchev–Trinajstić information content (AvgIpc) is 2.86. The predicted molar refractivity (Wildman–Crippen MR) is 132 cm³/mol. The number of carbonyl (C=O) groups is 2. The van der Waals surface area contributed by atoms with Crippen molar-refractivity contribution in [3.63, 3.8) is 0 Å². The molecule has 1 amide bonds. The molecule has 0 aliphatic carbocycles. The van der Waals surface area contributed by atoms with Gasteiger partial charge in [0, 0.05) is 41.6 Å². The van der Waals surface area contributed by atoms with E-state index in [0.717, 1.165) is 44.2 Å². The Morgan fingerprint density at radius 3 is 2.06 bits per heavy atom. The number of nitrogens with one attached hydrogen (secondary N) is 2. The number of halogens is 2. The van der Waals surface area contributed by atoms with Gasteiger partial charge in [0.25, 0.3) is 12.3 Å². The van der Waals surface area contributed by atoms with Gasteiger partial charge in [0.05, 0.1) is 0 Å². The molecule has 0 saturated carbocycles. The highest BCUT2D eigenvalue weighted by atomic mass is 19.3. The van der Waals surface area contributed by atoms with E-state index < -0.39 is 29.9 Å². The smallest absolute Gasteiger partial charge is 0.328 e. The molecule has 9 heteroatoms. The van der Waals surface area contributed by atoms with Crippen molar-refractivity contribution in [2.75, 3.05) is 18.5 Å². The number of benzene rings is 2. The zero-order valence-corrected chi connectivity index (χ0v) is 19.7. The molecule has 1 heterocycles. The fraction of sp³-hybridized carbons (Fsp3) is 0.333. The minimum Gasteiger partial charge on any atom is -0.480 e. The second kappa shape index (κ2) is 12.2. The lowest BCUT2D eigenvalue weighted by atomic mass is 9.93. The van der Waals surface area contributed by atoms with Crippen molar-refractivity contribution in [3.8, 4) is 23.7 Å². The van der Waals surface area contributed by atoms with Crippen LogP contribution in [-0.4, -0.2) is 54.2 Å². The number of aliphatic carboxylic acids is 1. The highest BCUT2D eigenvalue weighted by Crippen LogP contribution is 2.18. The van der Waals surface area contributed by atoms with Gasteiger partial charge in [-0.15, -0.1) is 0 Å². The van der Waals surface area contributed by atoms with Crippen molar-refractivity contribution in [1.82, 2.24) is 5.32 Å². The Labute approximate surface area is 208 Å². The molecule has 0 unspecified atom stereocenters. The van der Waals surface area contributed by atoms with Gasteiger partial charge in [0.2, 0.25) is 0 Å². The third kappa shape index (κ3) is 7.29. The number of hydrogen-bond acceptors (Lipinski definition) is 5. The van der Waals surface area contributed by atoms with Gasteiger partial charge < -0.3 is 26.2 Å². The standard InChI is InChI=1S/C27H27F2N3O4/c1-27(30,26(28)29)23(25(34)35)32-24(33)20-10-6-18(7-11-20)4-2-3-5-19-8-12-21(13-9-19)31-22-14-16-36-17-15-22/h6-13,22-23,26,31H,14-17,30H2,1H3,(H,32,33)(H,34,35)/t23-,27+/m1/s1. The van der Waals surface area contributed by atoms with Gasteiger partial charge in [-0.05, 0) is 80.1 Å². The van der Waals surface area contributed by atoms with E-state index in [1.165, 1.54) is 12.1 Å². The molecule has 188 valence electrons. The van der Waals surface area contributed by atoms with E-state index in [9.17, 15) is 23.5 Å². The highest BCUT2D eigenvalue weighted by molar-refractivity contribution is 5.97. The number of carboxylic acids is 1. The minimum absolute atomic E-state index is 0.0809. The Bertz CT molecular complexity index is 1180. The molecule has 0 spiro atoms. The average molecular weight is 496 g/mol. The Balaban J connectivity index is 1.57. The van der Waals surface area contributed by atoms with Gasteiger partial charge in [0.1, 0.15) is 5.54 Å². The minimum atomic E-state index is -3.15. The maximum absolute atomic E-state index is 13.1. The summed E-state index contributed by atoms with van der Waals surface area (Å²) >= 11 is 0. The van der Waals surface area contributed by atoms with Gasteiger partial charge in [-0.1, -0.05) is 11.8 Å². The fourth-order valence-electron chi connectivity index (χ4n) is 3.46. The molecule has 36 heavy (non-hydrogen) atoms. The van der Waals surface area contributed by atoms with Crippen LogP contribution < -0.4 is 16.4 Å². The van der Waals surface area contributed by atoms with E-state index in [-0.39, 0.29) is 5.56 Å². The molecule has 3 rings (SSSR count). The lowest BCUT2D eigenvalue weighted by Crippen LogP contribution is -2.64. The summed E-state index contributed by atoms with van der Waals surface area (Å²) in [5.41, 5.74) is 5.49. The zero-order valence-electron chi connectivity index (χ0n) is 19.7. The molecule has 2 aromatic carbocycles. The fourth-order valence-corrected chi connectivity index (χ4v) is 3.46. The molecular formula is C27H27F2N3O4. The number of anilines is 1. The predicted octanol–water partition coefficient (Wildman–Crippen LogP) is 2.85. The first kappa shape index (κ1) is 26.7. The summed E-state index contributed by atoms with van der Waals surface area (Å²) in [6.07, 6.45) is -1.18. The maximum atomic E-state index is 13.1. The van der Waals surface area contributed by atoms with Gasteiger partial charge in [-0.3, -0.25) is 4.79 Å². The number of rotatable bonds is 7. The summed E-state index contributed by atoms with van der Waals surface area (Å²) in [7, 11) is 0. The van der Waals surface area contributed by atoms with Crippen LogP contribution in [0.1, 0.15) is 41.3 Å². The number of hydrogen-bond donors (Lipinski definition) is 4. The molecule has 1 fully saturated rings. The molecule has 7 nitrogen and oxygen atoms in total. The van der Waals surface area contributed by atoms with Gasteiger partial charge in [0.15, 0.2) is 6.04 Å². The number of alkyl halides is 2. The lowest BCUT2D eigenvalue weighted by Gasteiger charge is -2.30. The van der Waals surface area contributed by atoms with Crippen LogP contribution in [0.4, 0.5) is 14.5 Å². The van der Waals surface area contributed by atoms with E-state index in [4.69, 9.17) is 10.5 Å². The van der Waals surface area contributed by atoms with Crippen molar-refractivity contribution >= 4 is 17.6 Å². The Morgan fingerprint density at radius 2 is 1.56 bits per heavy atom. The van der Waals surface area contributed by atoms with E-state index in [1.807, 2.05) is 24.3 Å². The van der Waals surface area contributed by atoms with Crippen LogP contribution in [0.5, 0.6) is 0 Å². The van der Waals surface area contributed by atoms with Crippen LogP contribution in [-0.2, 0) is 9.53 Å². The largest absolute Gasteiger partial charge is 0.480 e. The van der Waals surface area contributed by atoms with Crippen LogP contribution in [0.25, 0.3) is 0 Å². The van der Waals surface area contributed by atoms with E-state index in [1.54, 1.807) is 12.1 Å². The first-order chi connectivity index (χ1) is 17.2. The molecule has 2 atom stereocenters. The van der Waals surface area contributed by atoms with Crippen LogP contribution >= 0.6 is 0 Å². The molecule has 2 aromatic rings. The first-order valence-corrected chi connectivity index (χ1v) is 11.3. The van der Waals surface area contributed by atoms with E-state index in [2.05, 4.69) is 34.3 Å². The summed E-state index contributed by atoms with van der Waals surface area (Å²) in [6, 6.07) is 12.1. The molecule has 1 aliphatic rings. The van der Waals surface area contributed by atoms with Crippen molar-refractivity contribution in [2.45, 2.75) is 43.8 Å². The van der Waals surface area contributed by atoms with Gasteiger partial charge in [-0.2, -0.15) is 0 Å². The molecule has 0 bridgehead atoms. The zero-order chi connectivity index (χ0) is 26.1. The van der Waals surface area contributed by atoms with Crippen LogP contribution in [0.2, 0.25) is 0 Å². The van der Waals surface area contributed by atoms with Crippen molar-refractivity contribution in [1.29, 1.82) is 0 Å². The molecule has 0 radical (unpaired) electrons. The first-order valence-electron chi connectivity index (χ1n) is 11.3. The molecule has 0 aromatic heterocycles. The summed E-state index contributed by atoms with van der Waals surface area (Å²) in [6.45, 7) is 2.42. The molecule has 1 saturated heterocycles. The van der Waals surface area contributed by atoms with Crippen LogP contribution in [0, 0.1) is 23.7 Å². The summed E-state index contributed by atoms with van der Waals surface area (Å²) < 4.78 is 31.6. The van der Waals surface area contributed by atoms with Gasteiger partial charge >= 0.3 is 5.97 Å². The SMILES string of the molecule is C[C@@](N)(C(F)F)[C@H](NC(=O)c1ccc(C#CC#Cc2ccc(NC3CCOCC3)cc2)cc1)C(=O)O. The van der Waals surface area contributed by atoms with E-state index >= 15 is 0 Å². The molecule has 5 N–H and O–H groups in total. The second-order valence-corrected chi connectivity index (χ2v) is 8.60. The number of nitrogens with two attached hydrogens (primary N) is 1. The third-order valence-electron chi connectivity index (χ3n) is 5.71. The third-order valence-corrected chi connectivity index (χ3v) is 5.71.